The molecule has 1 N–H and O–H groups in total. The summed E-state index contributed by atoms with van der Waals surface area (Å²) < 4.78 is 33.8. The molecule has 7 nitrogen and oxygen atoms in total. The fourth-order valence-corrected chi connectivity index (χ4v) is 5.41. The Morgan fingerprint density at radius 3 is 2.31 bits per heavy atom. The molecule has 0 bridgehead atoms. The van der Waals surface area contributed by atoms with Crippen molar-refractivity contribution in [3.63, 3.8) is 0 Å². The first-order valence-corrected chi connectivity index (χ1v) is 13.2. The van der Waals surface area contributed by atoms with Crippen molar-refractivity contribution in [3.05, 3.63) is 87.9 Å². The summed E-state index contributed by atoms with van der Waals surface area (Å²) in [7, 11) is -2.57. The lowest BCUT2D eigenvalue weighted by atomic mass is 10.0. The zero-order valence-corrected chi connectivity index (χ0v) is 22.4. The highest BCUT2D eigenvalue weighted by molar-refractivity contribution is 9.10. The molecular weight excluding hydrogens is 530 g/mol. The van der Waals surface area contributed by atoms with Crippen LogP contribution in [0.5, 0.6) is 5.75 Å². The van der Waals surface area contributed by atoms with Gasteiger partial charge in [-0.05, 0) is 70.2 Å². The Morgan fingerprint density at radius 2 is 1.74 bits per heavy atom. The van der Waals surface area contributed by atoms with Crippen LogP contribution in [-0.4, -0.2) is 34.2 Å². The summed E-state index contributed by atoms with van der Waals surface area (Å²) in [5.41, 5.74) is 5.79. The molecule has 35 heavy (non-hydrogen) atoms. The molecule has 0 aliphatic rings. The van der Waals surface area contributed by atoms with Crippen molar-refractivity contribution in [3.8, 4) is 5.75 Å². The third-order valence-corrected chi connectivity index (χ3v) is 7.72. The van der Waals surface area contributed by atoms with Crippen molar-refractivity contribution in [2.45, 2.75) is 31.6 Å². The molecule has 9 heteroatoms. The summed E-state index contributed by atoms with van der Waals surface area (Å²) in [6.45, 7) is 5.68. The molecule has 0 fully saturated rings. The number of carbonyl (C=O) groups is 1. The Labute approximate surface area is 215 Å². The normalized spacial score (nSPS) is 11.6. The minimum Gasteiger partial charge on any atom is -0.496 e. The number of methoxy groups -OCH3 is 1. The average molecular weight is 558 g/mol. The van der Waals surface area contributed by atoms with Crippen molar-refractivity contribution in [2.24, 2.45) is 5.10 Å². The molecule has 1 amide bonds. The van der Waals surface area contributed by atoms with Crippen molar-refractivity contribution in [1.29, 1.82) is 0 Å². The number of hydrogen-bond acceptors (Lipinski definition) is 5. The molecule has 184 valence electrons. The number of hydrazone groups is 1. The summed E-state index contributed by atoms with van der Waals surface area (Å²) >= 11 is 3.33. The van der Waals surface area contributed by atoms with E-state index in [0.717, 1.165) is 15.4 Å². The van der Waals surface area contributed by atoms with Crippen LogP contribution in [0.15, 0.2) is 81.2 Å². The zero-order valence-electron chi connectivity index (χ0n) is 20.0. The van der Waals surface area contributed by atoms with Gasteiger partial charge in [-0.25, -0.2) is 13.8 Å². The molecule has 0 atom stereocenters. The highest BCUT2D eigenvalue weighted by Crippen LogP contribution is 2.30. The van der Waals surface area contributed by atoms with Crippen LogP contribution < -0.4 is 14.5 Å². The lowest BCUT2D eigenvalue weighted by Crippen LogP contribution is -2.39. The minimum atomic E-state index is -4.06. The fraction of sp³-hybridized carbons (Fsp3) is 0.231. The Hall–Kier alpha value is -3.17. The highest BCUT2D eigenvalue weighted by atomic mass is 79.9. The van der Waals surface area contributed by atoms with Gasteiger partial charge in [0.2, 0.25) is 0 Å². The summed E-state index contributed by atoms with van der Waals surface area (Å²) in [4.78, 5) is 12.7. The van der Waals surface area contributed by atoms with Crippen LogP contribution in [-0.2, 0) is 14.8 Å². The van der Waals surface area contributed by atoms with Crippen LogP contribution in [0.25, 0.3) is 0 Å². The number of ether oxygens (including phenoxy) is 1. The van der Waals surface area contributed by atoms with E-state index in [-0.39, 0.29) is 4.90 Å². The maximum Gasteiger partial charge on any atom is 0.264 e. The van der Waals surface area contributed by atoms with Gasteiger partial charge in [0.25, 0.3) is 15.9 Å². The third-order valence-electron chi connectivity index (χ3n) is 5.33. The van der Waals surface area contributed by atoms with Gasteiger partial charge in [-0.15, -0.1) is 0 Å². The number of rotatable bonds is 9. The second kappa shape index (κ2) is 11.5. The van der Waals surface area contributed by atoms with Crippen LogP contribution in [0.1, 0.15) is 36.5 Å². The monoisotopic (exact) mass is 557 g/mol. The molecule has 0 aromatic heterocycles. The molecule has 3 aromatic rings. The lowest BCUT2D eigenvalue weighted by Gasteiger charge is -2.24. The highest BCUT2D eigenvalue weighted by Gasteiger charge is 2.28. The molecule has 0 heterocycles. The van der Waals surface area contributed by atoms with E-state index < -0.39 is 22.5 Å². The predicted octanol–water partition coefficient (Wildman–Crippen LogP) is 5.24. The number of nitrogens with zero attached hydrogens (tertiary/aromatic N) is 2. The molecule has 0 saturated heterocycles. The Kier molecular flexibility index (Phi) is 8.69. The van der Waals surface area contributed by atoms with Gasteiger partial charge < -0.3 is 4.74 Å². The van der Waals surface area contributed by atoms with Crippen molar-refractivity contribution >= 4 is 43.8 Å². The number of halogens is 1. The molecule has 0 aliphatic carbocycles. The van der Waals surface area contributed by atoms with Crippen LogP contribution in [0, 0.1) is 6.92 Å². The minimum absolute atomic E-state index is 0.0206. The third kappa shape index (κ3) is 6.70. The number of anilines is 1. The van der Waals surface area contributed by atoms with E-state index >= 15 is 0 Å². The summed E-state index contributed by atoms with van der Waals surface area (Å²) in [5, 5.41) is 4.00. The Morgan fingerprint density at radius 1 is 1.09 bits per heavy atom. The van der Waals surface area contributed by atoms with Crippen LogP contribution in [0.2, 0.25) is 0 Å². The Balaban J connectivity index is 1.82. The second-order valence-electron chi connectivity index (χ2n) is 8.26. The largest absolute Gasteiger partial charge is 0.496 e. The lowest BCUT2D eigenvalue weighted by molar-refractivity contribution is -0.119. The first-order valence-electron chi connectivity index (χ1n) is 11.0. The van der Waals surface area contributed by atoms with Gasteiger partial charge in [-0.1, -0.05) is 55.8 Å². The van der Waals surface area contributed by atoms with E-state index in [1.807, 2.05) is 31.2 Å². The van der Waals surface area contributed by atoms with Gasteiger partial charge in [-0.3, -0.25) is 9.10 Å². The molecular formula is C26H28BrN3O4S. The maximum atomic E-state index is 13.5. The van der Waals surface area contributed by atoms with E-state index in [0.29, 0.717) is 21.8 Å². The number of amides is 1. The zero-order chi connectivity index (χ0) is 25.6. The van der Waals surface area contributed by atoms with Crippen molar-refractivity contribution in [1.82, 2.24) is 5.43 Å². The summed E-state index contributed by atoms with van der Waals surface area (Å²) in [6.07, 6.45) is 1.52. The number of hydrogen-bond donors (Lipinski definition) is 1. The Bertz CT molecular complexity index is 1310. The molecule has 0 saturated carbocycles. The van der Waals surface area contributed by atoms with E-state index in [2.05, 4.69) is 40.3 Å². The number of nitrogens with one attached hydrogen (secondary N) is 1. The van der Waals surface area contributed by atoms with Crippen LogP contribution in [0.4, 0.5) is 5.69 Å². The average Bonchev–Trinajstić information content (AvgIpc) is 2.83. The van der Waals surface area contributed by atoms with E-state index in [1.165, 1.54) is 31.0 Å². The number of sulfonamides is 1. The number of carbonyl (C=O) groups excluding carboxylic acids is 1. The fourth-order valence-electron chi connectivity index (χ4n) is 3.27. The van der Waals surface area contributed by atoms with Gasteiger partial charge in [-0.2, -0.15) is 5.10 Å². The second-order valence-corrected chi connectivity index (χ2v) is 11.0. The standard InChI is InChI=1S/C26H28BrN3O4S/c1-18(2)21-9-7-20(8-10-21)16-28-29-26(31)17-30(22-11-5-19(3)6-12-22)35(32,33)23-13-14-25(34-4)24(27)15-23/h5-16,18H,17H2,1-4H3,(H,29,31)/b28-16+. The number of benzene rings is 3. The number of aryl methyl sites for hydroxylation is 1. The summed E-state index contributed by atoms with van der Waals surface area (Å²) in [5.74, 6) is 0.345. The van der Waals surface area contributed by atoms with E-state index in [1.54, 1.807) is 30.3 Å². The molecule has 3 rings (SSSR count). The van der Waals surface area contributed by atoms with Gasteiger partial charge in [0.05, 0.1) is 28.4 Å². The topological polar surface area (TPSA) is 88.1 Å². The molecule has 0 unspecified atom stereocenters. The molecule has 0 spiro atoms. The first kappa shape index (κ1) is 26.4. The van der Waals surface area contributed by atoms with Crippen molar-refractivity contribution < 1.29 is 17.9 Å². The predicted molar refractivity (Wildman–Crippen MR) is 143 cm³/mol. The van der Waals surface area contributed by atoms with E-state index in [9.17, 15) is 13.2 Å². The summed E-state index contributed by atoms with van der Waals surface area (Å²) in [6, 6.07) is 19.2. The van der Waals surface area contributed by atoms with Gasteiger partial charge >= 0.3 is 0 Å². The van der Waals surface area contributed by atoms with Gasteiger partial charge in [0.1, 0.15) is 12.3 Å². The molecule has 0 radical (unpaired) electrons. The quantitative estimate of drug-likeness (QED) is 0.288. The van der Waals surface area contributed by atoms with Gasteiger partial charge in [0.15, 0.2) is 0 Å². The van der Waals surface area contributed by atoms with Crippen molar-refractivity contribution in [2.75, 3.05) is 18.0 Å². The maximum absolute atomic E-state index is 13.5. The van der Waals surface area contributed by atoms with E-state index in [4.69, 9.17) is 4.74 Å². The van der Waals surface area contributed by atoms with Crippen LogP contribution in [0.3, 0.4) is 0 Å². The van der Waals surface area contributed by atoms with Crippen LogP contribution >= 0.6 is 15.9 Å². The molecule has 3 aromatic carbocycles. The SMILES string of the molecule is COc1ccc(S(=O)(=O)N(CC(=O)N/N=C/c2ccc(C(C)C)cc2)c2ccc(C)cc2)cc1Br. The molecule has 0 aliphatic heterocycles. The first-order chi connectivity index (χ1) is 16.6. The van der Waals surface area contributed by atoms with Gasteiger partial charge in [0, 0.05) is 0 Å². The smallest absolute Gasteiger partial charge is 0.264 e.